The molecule has 2 aromatic carbocycles. The predicted molar refractivity (Wildman–Crippen MR) is 153 cm³/mol. The van der Waals surface area contributed by atoms with E-state index in [9.17, 15) is 22.9 Å². The van der Waals surface area contributed by atoms with Gasteiger partial charge in [0.1, 0.15) is 18.7 Å². The van der Waals surface area contributed by atoms with Crippen molar-refractivity contribution in [3.63, 3.8) is 0 Å². The van der Waals surface area contributed by atoms with Crippen LogP contribution in [0.3, 0.4) is 0 Å². The molecule has 0 aliphatic heterocycles. The summed E-state index contributed by atoms with van der Waals surface area (Å²) in [5, 5.41) is 0. The first-order valence-electron chi connectivity index (χ1n) is 13.0. The lowest BCUT2D eigenvalue weighted by Gasteiger charge is -2.19. The molecule has 1 atom stereocenters. The standard InChI is InChI=1S/C27H26F2N5O10P/c1-38-17-5-3-16(4-6-17)22-20(43-27(36)44-22)12-42-45(37,41-11-15-9-18(28)23(39-2)19(29)10-15)14-40-8-7-34-13-31-21-24(34)32-26(30)33-25(21)35/h3-6,9-10,13H,7-8,11-12,14H2,1-2H3,(H3,30,32,33,35). The van der Waals surface area contributed by atoms with Crippen molar-refractivity contribution in [2.75, 3.05) is 32.9 Å². The number of ether oxygens (including phenoxy) is 3. The molecule has 0 radical (unpaired) electrons. The van der Waals surface area contributed by atoms with Gasteiger partial charge in [0.05, 0.1) is 33.8 Å². The largest absolute Gasteiger partial charge is 0.519 e. The number of nitrogen functional groups attached to an aromatic ring is 1. The zero-order chi connectivity index (χ0) is 32.1. The van der Waals surface area contributed by atoms with Gasteiger partial charge in [0.15, 0.2) is 40.1 Å². The lowest BCUT2D eigenvalue weighted by molar-refractivity contribution is 0.114. The molecule has 0 spiro atoms. The van der Waals surface area contributed by atoms with Crippen molar-refractivity contribution in [1.82, 2.24) is 19.5 Å². The van der Waals surface area contributed by atoms with E-state index in [0.29, 0.717) is 11.3 Å². The van der Waals surface area contributed by atoms with Crippen molar-refractivity contribution in [1.29, 1.82) is 0 Å². The smallest absolute Gasteiger partial charge is 0.497 e. The van der Waals surface area contributed by atoms with E-state index in [1.807, 2.05) is 0 Å². The molecule has 3 aromatic heterocycles. The summed E-state index contributed by atoms with van der Waals surface area (Å²) in [6, 6.07) is 8.39. The molecule has 0 aliphatic carbocycles. The van der Waals surface area contributed by atoms with Crippen LogP contribution < -0.4 is 26.6 Å². The quantitative estimate of drug-likeness (QED) is 0.130. The number of nitrogens with two attached hydrogens (primary N) is 1. The van der Waals surface area contributed by atoms with Crippen molar-refractivity contribution in [2.24, 2.45) is 0 Å². The third kappa shape index (κ3) is 7.29. The average Bonchev–Trinajstić information content (AvgIpc) is 3.60. The summed E-state index contributed by atoms with van der Waals surface area (Å²) in [6.45, 7) is -1.08. The van der Waals surface area contributed by atoms with Crippen molar-refractivity contribution >= 4 is 24.7 Å². The zero-order valence-electron chi connectivity index (χ0n) is 23.8. The number of aromatic amines is 1. The van der Waals surface area contributed by atoms with Crippen LogP contribution in [0, 0.1) is 11.6 Å². The first kappa shape index (κ1) is 31.6. The molecule has 0 bridgehead atoms. The number of benzene rings is 2. The van der Waals surface area contributed by atoms with Crippen molar-refractivity contribution in [3.8, 4) is 22.8 Å². The van der Waals surface area contributed by atoms with E-state index in [1.165, 1.54) is 18.0 Å². The zero-order valence-corrected chi connectivity index (χ0v) is 24.7. The number of fused-ring (bicyclic) bond motifs is 1. The van der Waals surface area contributed by atoms with Crippen LogP contribution in [-0.2, 0) is 38.1 Å². The second-order valence-corrected chi connectivity index (χ2v) is 11.3. The number of methoxy groups -OCH3 is 2. The molecule has 238 valence electrons. The highest BCUT2D eigenvalue weighted by molar-refractivity contribution is 7.53. The van der Waals surface area contributed by atoms with E-state index in [2.05, 4.69) is 19.7 Å². The minimum absolute atomic E-state index is 0.0119. The predicted octanol–water partition coefficient (Wildman–Crippen LogP) is 3.81. The second-order valence-electron chi connectivity index (χ2n) is 9.28. The second kappa shape index (κ2) is 13.4. The molecule has 3 N–H and O–H groups in total. The molecule has 15 nitrogen and oxygen atoms in total. The molecule has 0 amide bonds. The number of hydrogen-bond acceptors (Lipinski definition) is 13. The number of rotatable bonds is 14. The Hall–Kier alpha value is -4.83. The summed E-state index contributed by atoms with van der Waals surface area (Å²) < 4.78 is 80.6. The van der Waals surface area contributed by atoms with Gasteiger partial charge in [-0.3, -0.25) is 18.9 Å². The molecule has 18 heteroatoms. The topological polar surface area (TPSA) is 196 Å². The van der Waals surface area contributed by atoms with Crippen LogP contribution in [0.15, 0.2) is 61.1 Å². The van der Waals surface area contributed by atoms with Crippen molar-refractivity contribution < 1.29 is 45.4 Å². The molecular formula is C27H26F2N5O10P. The lowest BCUT2D eigenvalue weighted by atomic mass is 10.1. The Kier molecular flexibility index (Phi) is 9.43. The Bertz CT molecular complexity index is 1950. The Morgan fingerprint density at radius 2 is 1.73 bits per heavy atom. The Morgan fingerprint density at radius 3 is 2.42 bits per heavy atom. The number of hydrogen-bond donors (Lipinski definition) is 2. The summed E-state index contributed by atoms with van der Waals surface area (Å²) >= 11 is 0. The van der Waals surface area contributed by atoms with Gasteiger partial charge in [-0.1, -0.05) is 0 Å². The molecule has 5 rings (SSSR count). The highest BCUT2D eigenvalue weighted by atomic mass is 31.2. The average molecular weight is 650 g/mol. The van der Waals surface area contributed by atoms with Gasteiger partial charge in [0, 0.05) is 12.1 Å². The van der Waals surface area contributed by atoms with Crippen LogP contribution in [0.4, 0.5) is 14.7 Å². The first-order chi connectivity index (χ1) is 21.6. The van der Waals surface area contributed by atoms with Crippen molar-refractivity contribution in [3.05, 3.63) is 86.7 Å². The fourth-order valence-corrected chi connectivity index (χ4v) is 5.41. The molecule has 45 heavy (non-hydrogen) atoms. The van der Waals surface area contributed by atoms with Crippen LogP contribution >= 0.6 is 7.60 Å². The van der Waals surface area contributed by atoms with E-state index >= 15 is 0 Å². The maximum absolute atomic E-state index is 14.3. The van der Waals surface area contributed by atoms with Gasteiger partial charge in [0.2, 0.25) is 5.95 Å². The molecule has 0 aliphatic rings. The number of anilines is 1. The van der Waals surface area contributed by atoms with Crippen LogP contribution in [0.5, 0.6) is 11.5 Å². The Balaban J connectivity index is 1.32. The van der Waals surface area contributed by atoms with Gasteiger partial charge in [-0.25, -0.2) is 18.6 Å². The van der Waals surface area contributed by atoms with Crippen LogP contribution in [0.1, 0.15) is 11.3 Å². The van der Waals surface area contributed by atoms with Crippen LogP contribution in [-0.4, -0.2) is 46.7 Å². The highest BCUT2D eigenvalue weighted by Gasteiger charge is 2.29. The first-order valence-corrected chi connectivity index (χ1v) is 14.8. The normalized spacial score (nSPS) is 12.8. The molecular weight excluding hydrogens is 623 g/mol. The van der Waals surface area contributed by atoms with Gasteiger partial charge in [-0.05, 0) is 42.0 Å². The fourth-order valence-electron chi connectivity index (χ4n) is 4.17. The number of halogens is 2. The van der Waals surface area contributed by atoms with E-state index in [4.69, 9.17) is 33.1 Å². The van der Waals surface area contributed by atoms with Gasteiger partial charge in [0.25, 0.3) is 5.56 Å². The van der Waals surface area contributed by atoms with Gasteiger partial charge < -0.3 is 37.9 Å². The van der Waals surface area contributed by atoms with Gasteiger partial charge >= 0.3 is 13.4 Å². The summed E-state index contributed by atoms with van der Waals surface area (Å²) in [5.74, 6) is -3.24. The van der Waals surface area contributed by atoms with E-state index in [-0.39, 0.29) is 47.3 Å². The summed E-state index contributed by atoms with van der Waals surface area (Å²) in [4.78, 5) is 34.4. The SMILES string of the molecule is COc1ccc(-c2oc(=O)oc2COP(=O)(COCCn2cnc3c(=O)[nH]c(N)nc32)OCc2cc(F)c(OC)c(F)c2)cc1. The van der Waals surface area contributed by atoms with Crippen LogP contribution in [0.2, 0.25) is 0 Å². The van der Waals surface area contributed by atoms with E-state index in [0.717, 1.165) is 19.2 Å². The monoisotopic (exact) mass is 649 g/mol. The maximum Gasteiger partial charge on any atom is 0.519 e. The Labute approximate surface area is 252 Å². The minimum Gasteiger partial charge on any atom is -0.497 e. The number of nitrogens with zero attached hydrogens (tertiary/aromatic N) is 3. The number of nitrogens with one attached hydrogen (secondary N) is 1. The summed E-state index contributed by atoms with van der Waals surface area (Å²) in [7, 11) is -1.62. The third-order valence-electron chi connectivity index (χ3n) is 6.30. The third-order valence-corrected chi connectivity index (χ3v) is 7.84. The van der Waals surface area contributed by atoms with Crippen LogP contribution in [0.25, 0.3) is 22.5 Å². The molecule has 3 heterocycles. The molecule has 0 saturated heterocycles. The highest BCUT2D eigenvalue weighted by Crippen LogP contribution is 2.50. The maximum atomic E-state index is 14.3. The van der Waals surface area contributed by atoms with E-state index < -0.39 is 55.9 Å². The lowest BCUT2D eigenvalue weighted by Crippen LogP contribution is -2.13. The molecule has 0 saturated carbocycles. The number of imidazole rings is 1. The van der Waals surface area contributed by atoms with Crippen molar-refractivity contribution in [2.45, 2.75) is 19.8 Å². The number of aromatic nitrogens is 4. The summed E-state index contributed by atoms with van der Waals surface area (Å²) in [5.41, 5.74) is 5.81. The minimum atomic E-state index is -4.22. The van der Waals surface area contributed by atoms with Gasteiger partial charge in [-0.2, -0.15) is 4.98 Å². The molecule has 5 aromatic rings. The molecule has 1 unspecified atom stereocenters. The number of H-pyrrole nitrogens is 1. The van der Waals surface area contributed by atoms with E-state index in [1.54, 1.807) is 24.3 Å². The Morgan fingerprint density at radius 1 is 1.02 bits per heavy atom. The summed E-state index contributed by atoms with van der Waals surface area (Å²) in [6.07, 6.45) is 0.730. The fraction of sp³-hybridized carbons (Fsp3) is 0.259. The van der Waals surface area contributed by atoms with Gasteiger partial charge in [-0.15, -0.1) is 0 Å². The molecule has 0 fully saturated rings.